The number of ether oxygens (including phenoxy) is 1. The zero-order valence-corrected chi connectivity index (χ0v) is 10.5. The van der Waals surface area contributed by atoms with Crippen molar-refractivity contribution < 1.29 is 19.4 Å². The van der Waals surface area contributed by atoms with Crippen molar-refractivity contribution in [1.82, 2.24) is 4.90 Å². The van der Waals surface area contributed by atoms with Gasteiger partial charge in [0.1, 0.15) is 5.60 Å². The third-order valence-corrected chi connectivity index (χ3v) is 2.71. The molecule has 17 heavy (non-hydrogen) atoms. The Morgan fingerprint density at radius 1 is 1.41 bits per heavy atom. The predicted molar refractivity (Wildman–Crippen MR) is 61.5 cm³/mol. The molecule has 3 N–H and O–H groups in total. The van der Waals surface area contributed by atoms with Crippen LogP contribution in [0, 0.1) is 11.8 Å². The molecule has 0 bridgehead atoms. The summed E-state index contributed by atoms with van der Waals surface area (Å²) in [6.45, 7) is 6.10. The first kappa shape index (κ1) is 13.8. The zero-order chi connectivity index (χ0) is 13.2. The van der Waals surface area contributed by atoms with E-state index in [1.807, 2.05) is 0 Å². The highest BCUT2D eigenvalue weighted by Gasteiger charge is 2.40. The van der Waals surface area contributed by atoms with Gasteiger partial charge in [-0.2, -0.15) is 0 Å². The molecule has 1 aliphatic rings. The number of amides is 1. The Kier molecular flexibility index (Phi) is 3.98. The van der Waals surface area contributed by atoms with Crippen LogP contribution in [0.1, 0.15) is 20.8 Å². The second-order valence-corrected chi connectivity index (χ2v) is 5.33. The lowest BCUT2D eigenvalue weighted by atomic mass is 9.97. The topological polar surface area (TPSA) is 92.9 Å². The maximum Gasteiger partial charge on any atom is 0.410 e. The van der Waals surface area contributed by atoms with Gasteiger partial charge < -0.3 is 20.5 Å². The molecule has 0 aromatic carbocycles. The third-order valence-electron chi connectivity index (χ3n) is 2.71. The molecule has 0 aromatic rings. The molecule has 1 saturated heterocycles. The number of rotatable bonds is 2. The number of aliphatic carboxylic acids is 1. The van der Waals surface area contributed by atoms with E-state index >= 15 is 0 Å². The van der Waals surface area contributed by atoms with Gasteiger partial charge in [-0.1, -0.05) is 0 Å². The fourth-order valence-corrected chi connectivity index (χ4v) is 1.87. The molecule has 0 saturated carbocycles. The van der Waals surface area contributed by atoms with Gasteiger partial charge in [0.05, 0.1) is 5.92 Å². The molecule has 0 aliphatic carbocycles. The van der Waals surface area contributed by atoms with Crippen LogP contribution in [-0.2, 0) is 9.53 Å². The number of carboxylic acids is 1. The van der Waals surface area contributed by atoms with E-state index in [0.717, 1.165) is 0 Å². The number of carboxylic acid groups (broad SMARTS) is 1. The molecule has 0 unspecified atom stereocenters. The van der Waals surface area contributed by atoms with E-state index in [0.29, 0.717) is 6.54 Å². The molecule has 0 aromatic heterocycles. The van der Waals surface area contributed by atoms with Crippen LogP contribution in [0.25, 0.3) is 0 Å². The smallest absolute Gasteiger partial charge is 0.410 e. The van der Waals surface area contributed by atoms with E-state index in [4.69, 9.17) is 15.6 Å². The van der Waals surface area contributed by atoms with Crippen LogP contribution in [-0.4, -0.2) is 47.3 Å². The van der Waals surface area contributed by atoms with Crippen molar-refractivity contribution in [2.45, 2.75) is 26.4 Å². The minimum Gasteiger partial charge on any atom is -0.481 e. The van der Waals surface area contributed by atoms with Gasteiger partial charge in [0.25, 0.3) is 0 Å². The summed E-state index contributed by atoms with van der Waals surface area (Å²) >= 11 is 0. The van der Waals surface area contributed by atoms with E-state index in [9.17, 15) is 9.59 Å². The van der Waals surface area contributed by atoms with E-state index in [1.165, 1.54) is 4.90 Å². The number of carbonyl (C=O) groups is 2. The SMILES string of the molecule is CC(C)(C)OC(=O)N1C[C@@H](CN)[C@H](C(=O)O)C1. The highest BCUT2D eigenvalue weighted by molar-refractivity contribution is 5.74. The number of carbonyl (C=O) groups excluding carboxylic acids is 1. The van der Waals surface area contributed by atoms with Crippen molar-refractivity contribution in [2.24, 2.45) is 17.6 Å². The first-order valence-corrected chi connectivity index (χ1v) is 5.65. The second kappa shape index (κ2) is 4.91. The third kappa shape index (κ3) is 3.59. The summed E-state index contributed by atoms with van der Waals surface area (Å²) in [5, 5.41) is 9.01. The highest BCUT2D eigenvalue weighted by atomic mass is 16.6. The number of hydrogen-bond acceptors (Lipinski definition) is 4. The minimum atomic E-state index is -0.911. The maximum atomic E-state index is 11.8. The lowest BCUT2D eigenvalue weighted by Crippen LogP contribution is -2.36. The summed E-state index contributed by atoms with van der Waals surface area (Å²) in [6.07, 6.45) is -0.472. The van der Waals surface area contributed by atoms with Gasteiger partial charge in [-0.15, -0.1) is 0 Å². The van der Waals surface area contributed by atoms with Gasteiger partial charge in [0.2, 0.25) is 0 Å². The van der Waals surface area contributed by atoms with Crippen LogP contribution in [0.4, 0.5) is 4.79 Å². The molecular formula is C11H20N2O4. The van der Waals surface area contributed by atoms with Crippen molar-refractivity contribution in [1.29, 1.82) is 0 Å². The average Bonchev–Trinajstić information content (AvgIpc) is 2.58. The molecule has 1 fully saturated rings. The molecule has 98 valence electrons. The molecular weight excluding hydrogens is 224 g/mol. The first-order valence-electron chi connectivity index (χ1n) is 5.65. The van der Waals surface area contributed by atoms with E-state index < -0.39 is 23.6 Å². The Hall–Kier alpha value is -1.30. The van der Waals surface area contributed by atoms with Crippen LogP contribution >= 0.6 is 0 Å². The Morgan fingerprint density at radius 2 is 2.00 bits per heavy atom. The summed E-state index contributed by atoms with van der Waals surface area (Å²) in [7, 11) is 0. The van der Waals surface area contributed by atoms with E-state index in [2.05, 4.69) is 0 Å². The van der Waals surface area contributed by atoms with Crippen molar-refractivity contribution in [3.63, 3.8) is 0 Å². The molecule has 0 spiro atoms. The van der Waals surface area contributed by atoms with Gasteiger partial charge in [0, 0.05) is 19.0 Å². The van der Waals surface area contributed by atoms with Crippen molar-refractivity contribution in [3.05, 3.63) is 0 Å². The summed E-state index contributed by atoms with van der Waals surface area (Å²) in [5.74, 6) is -1.70. The van der Waals surface area contributed by atoms with Crippen LogP contribution in [0.5, 0.6) is 0 Å². The Balaban J connectivity index is 2.64. The molecule has 6 heteroatoms. The predicted octanol–water partition coefficient (Wildman–Crippen LogP) is 0.513. The van der Waals surface area contributed by atoms with Gasteiger partial charge in [0.15, 0.2) is 0 Å². The van der Waals surface area contributed by atoms with Gasteiger partial charge in [-0.05, 0) is 27.3 Å². The Morgan fingerprint density at radius 3 is 2.35 bits per heavy atom. The van der Waals surface area contributed by atoms with Crippen molar-refractivity contribution in [3.8, 4) is 0 Å². The van der Waals surface area contributed by atoms with Crippen molar-refractivity contribution >= 4 is 12.1 Å². The minimum absolute atomic E-state index is 0.173. The molecule has 1 amide bonds. The quantitative estimate of drug-likeness (QED) is 0.738. The van der Waals surface area contributed by atoms with Gasteiger partial charge >= 0.3 is 12.1 Å². The highest BCUT2D eigenvalue weighted by Crippen LogP contribution is 2.24. The van der Waals surface area contributed by atoms with E-state index in [-0.39, 0.29) is 19.0 Å². The standard InChI is InChI=1S/C11H20N2O4/c1-11(2,3)17-10(16)13-5-7(4-12)8(6-13)9(14)15/h7-8H,4-6,12H2,1-3H3,(H,14,15)/t7-,8-/m1/s1. The largest absolute Gasteiger partial charge is 0.481 e. The van der Waals surface area contributed by atoms with Crippen LogP contribution in [0.15, 0.2) is 0 Å². The lowest BCUT2D eigenvalue weighted by molar-refractivity contribution is -0.142. The first-order chi connectivity index (χ1) is 7.74. The van der Waals surface area contributed by atoms with Gasteiger partial charge in [-0.25, -0.2) is 4.79 Å². The molecule has 1 aliphatic heterocycles. The van der Waals surface area contributed by atoms with Crippen LogP contribution in [0.2, 0.25) is 0 Å². The number of nitrogens with two attached hydrogens (primary N) is 1. The Bertz CT molecular complexity index is 311. The van der Waals surface area contributed by atoms with Gasteiger partial charge in [-0.3, -0.25) is 4.79 Å². The fourth-order valence-electron chi connectivity index (χ4n) is 1.87. The lowest BCUT2D eigenvalue weighted by Gasteiger charge is -2.24. The molecule has 1 rings (SSSR count). The fraction of sp³-hybridized carbons (Fsp3) is 0.818. The summed E-state index contributed by atoms with van der Waals surface area (Å²) in [5.41, 5.74) is 4.94. The summed E-state index contributed by atoms with van der Waals surface area (Å²) in [6, 6.07) is 0. The van der Waals surface area contributed by atoms with Crippen molar-refractivity contribution in [2.75, 3.05) is 19.6 Å². The molecule has 0 radical (unpaired) electrons. The number of hydrogen-bond donors (Lipinski definition) is 2. The van der Waals surface area contributed by atoms with Crippen LogP contribution in [0.3, 0.4) is 0 Å². The zero-order valence-electron chi connectivity index (χ0n) is 10.5. The molecule has 6 nitrogen and oxygen atoms in total. The number of likely N-dealkylation sites (tertiary alicyclic amines) is 1. The average molecular weight is 244 g/mol. The van der Waals surface area contributed by atoms with E-state index in [1.54, 1.807) is 20.8 Å². The Labute approximate surface area is 101 Å². The summed E-state index contributed by atoms with van der Waals surface area (Å²) < 4.78 is 5.20. The summed E-state index contributed by atoms with van der Waals surface area (Å²) in [4.78, 5) is 24.2. The monoisotopic (exact) mass is 244 g/mol. The number of nitrogens with zero attached hydrogens (tertiary/aromatic N) is 1. The van der Waals surface area contributed by atoms with Crippen LogP contribution < -0.4 is 5.73 Å². The maximum absolute atomic E-state index is 11.8. The normalized spacial score (nSPS) is 24.8. The molecule has 1 heterocycles. The molecule has 2 atom stereocenters. The second-order valence-electron chi connectivity index (χ2n) is 5.33.